The Morgan fingerprint density at radius 2 is 2.04 bits per heavy atom. The zero-order valence-corrected chi connectivity index (χ0v) is 14.4. The second-order valence-electron chi connectivity index (χ2n) is 6.29. The fraction of sp³-hybridized carbons (Fsp3) is 0.500. The summed E-state index contributed by atoms with van der Waals surface area (Å²) in [6, 6.07) is 8.25. The monoisotopic (exact) mass is 345 g/mol. The van der Waals surface area contributed by atoms with Crippen LogP contribution in [0.2, 0.25) is 0 Å². The van der Waals surface area contributed by atoms with Crippen LogP contribution in [0.25, 0.3) is 11.1 Å². The predicted molar refractivity (Wildman–Crippen MR) is 93.5 cm³/mol. The molecule has 7 heteroatoms. The van der Waals surface area contributed by atoms with Crippen molar-refractivity contribution in [3.63, 3.8) is 0 Å². The number of amides is 1. The highest BCUT2D eigenvalue weighted by atomic mass is 16.4. The normalized spacial score (nSPS) is 15.5. The van der Waals surface area contributed by atoms with Crippen LogP contribution in [-0.2, 0) is 9.59 Å². The van der Waals surface area contributed by atoms with Crippen LogP contribution in [0.15, 0.2) is 28.7 Å². The van der Waals surface area contributed by atoms with Gasteiger partial charge in [0.2, 0.25) is 5.91 Å². The first-order valence-electron chi connectivity index (χ1n) is 8.69. The van der Waals surface area contributed by atoms with Crippen molar-refractivity contribution in [1.29, 1.82) is 0 Å². The minimum absolute atomic E-state index is 0.0126. The number of carboxylic acid groups (broad SMARTS) is 1. The van der Waals surface area contributed by atoms with Gasteiger partial charge in [-0.25, -0.2) is 0 Å². The standard InChI is InChI=1S/C18H23N3O4/c1-2-20(12-9-16(22)23)17(24)13-7-10-21(11-8-13)18-19-14-5-3-4-6-15(14)25-18/h3-6,13H,2,7-12H2,1H3,(H,22,23). The second kappa shape index (κ2) is 7.55. The van der Waals surface area contributed by atoms with Gasteiger partial charge < -0.3 is 19.3 Å². The quantitative estimate of drug-likeness (QED) is 0.865. The Bertz CT molecular complexity index is 717. The van der Waals surface area contributed by atoms with Gasteiger partial charge >= 0.3 is 5.97 Å². The van der Waals surface area contributed by atoms with Crippen molar-refractivity contribution in [2.75, 3.05) is 31.1 Å². The van der Waals surface area contributed by atoms with Crippen LogP contribution in [-0.4, -0.2) is 53.0 Å². The fourth-order valence-electron chi connectivity index (χ4n) is 3.23. The van der Waals surface area contributed by atoms with Crippen molar-refractivity contribution in [2.45, 2.75) is 26.2 Å². The van der Waals surface area contributed by atoms with Crippen LogP contribution in [0.1, 0.15) is 26.2 Å². The minimum Gasteiger partial charge on any atom is -0.481 e. The molecule has 3 rings (SSSR count). The van der Waals surface area contributed by atoms with Crippen LogP contribution < -0.4 is 4.90 Å². The molecule has 0 saturated carbocycles. The van der Waals surface area contributed by atoms with Gasteiger partial charge in [0.05, 0.1) is 6.42 Å². The predicted octanol–water partition coefficient (Wildman–Crippen LogP) is 2.37. The molecule has 1 N–H and O–H groups in total. The number of carbonyl (C=O) groups excluding carboxylic acids is 1. The van der Waals surface area contributed by atoms with E-state index < -0.39 is 5.97 Å². The number of anilines is 1. The second-order valence-corrected chi connectivity index (χ2v) is 6.29. The summed E-state index contributed by atoms with van der Waals surface area (Å²) >= 11 is 0. The van der Waals surface area contributed by atoms with Gasteiger partial charge in [-0.15, -0.1) is 0 Å². The lowest BCUT2D eigenvalue weighted by Gasteiger charge is -2.33. The lowest BCUT2D eigenvalue weighted by atomic mass is 9.95. The van der Waals surface area contributed by atoms with E-state index in [0.29, 0.717) is 25.6 Å². The van der Waals surface area contributed by atoms with Crippen LogP contribution in [0.4, 0.5) is 6.01 Å². The molecule has 1 aromatic heterocycles. The summed E-state index contributed by atoms with van der Waals surface area (Å²) in [6.07, 6.45) is 1.43. The topological polar surface area (TPSA) is 86.9 Å². The SMILES string of the molecule is CCN(CCC(=O)O)C(=O)C1CCN(c2nc3ccccc3o2)CC1. The van der Waals surface area contributed by atoms with Crippen molar-refractivity contribution in [3.8, 4) is 0 Å². The van der Waals surface area contributed by atoms with E-state index in [1.165, 1.54) is 0 Å². The number of rotatable bonds is 6. The van der Waals surface area contributed by atoms with E-state index in [1.807, 2.05) is 31.2 Å². The van der Waals surface area contributed by atoms with E-state index >= 15 is 0 Å². The average Bonchev–Trinajstić information content (AvgIpc) is 3.06. The first kappa shape index (κ1) is 17.3. The zero-order chi connectivity index (χ0) is 17.8. The number of aromatic nitrogens is 1. The number of benzene rings is 1. The smallest absolute Gasteiger partial charge is 0.305 e. The summed E-state index contributed by atoms with van der Waals surface area (Å²) in [5.74, 6) is -0.882. The molecule has 0 spiro atoms. The van der Waals surface area contributed by atoms with Crippen molar-refractivity contribution in [2.24, 2.45) is 5.92 Å². The highest BCUT2D eigenvalue weighted by Gasteiger charge is 2.29. The molecule has 1 saturated heterocycles. The third-order valence-corrected chi connectivity index (χ3v) is 4.69. The number of carbonyl (C=O) groups is 2. The Hall–Kier alpha value is -2.57. The number of piperidine rings is 1. The summed E-state index contributed by atoms with van der Waals surface area (Å²) in [5, 5.41) is 8.81. The average molecular weight is 345 g/mol. The van der Waals surface area contributed by atoms with Gasteiger partial charge in [0, 0.05) is 32.1 Å². The van der Waals surface area contributed by atoms with Gasteiger partial charge in [-0.05, 0) is 31.9 Å². The van der Waals surface area contributed by atoms with Crippen molar-refractivity contribution in [1.82, 2.24) is 9.88 Å². The third kappa shape index (κ3) is 3.92. The van der Waals surface area contributed by atoms with Crippen molar-refractivity contribution >= 4 is 29.0 Å². The summed E-state index contributed by atoms with van der Waals surface area (Å²) in [6.45, 7) is 4.11. The van der Waals surface area contributed by atoms with Crippen molar-refractivity contribution in [3.05, 3.63) is 24.3 Å². The Morgan fingerprint density at radius 1 is 1.32 bits per heavy atom. The van der Waals surface area contributed by atoms with E-state index in [2.05, 4.69) is 9.88 Å². The summed E-state index contributed by atoms with van der Waals surface area (Å²) in [7, 11) is 0. The largest absolute Gasteiger partial charge is 0.481 e. The maximum Gasteiger partial charge on any atom is 0.305 e. The van der Waals surface area contributed by atoms with Gasteiger partial charge in [0.1, 0.15) is 5.52 Å². The van der Waals surface area contributed by atoms with E-state index in [0.717, 1.165) is 23.9 Å². The van der Waals surface area contributed by atoms with Gasteiger partial charge in [-0.3, -0.25) is 9.59 Å². The molecule has 0 atom stereocenters. The summed E-state index contributed by atoms with van der Waals surface area (Å²) in [4.78, 5) is 31.6. The number of para-hydroxylation sites is 2. The molecule has 0 bridgehead atoms. The first-order chi connectivity index (χ1) is 12.1. The zero-order valence-electron chi connectivity index (χ0n) is 14.4. The fourth-order valence-corrected chi connectivity index (χ4v) is 3.23. The molecule has 0 radical (unpaired) electrons. The molecule has 1 aliphatic heterocycles. The highest BCUT2D eigenvalue weighted by Crippen LogP contribution is 2.27. The molecule has 1 fully saturated rings. The van der Waals surface area contributed by atoms with E-state index in [-0.39, 0.29) is 24.8 Å². The van der Waals surface area contributed by atoms with Crippen LogP contribution in [0, 0.1) is 5.92 Å². The Kier molecular flexibility index (Phi) is 5.21. The molecule has 0 aliphatic carbocycles. The van der Waals surface area contributed by atoms with E-state index in [1.54, 1.807) is 4.90 Å². The maximum atomic E-state index is 12.6. The number of fused-ring (bicyclic) bond motifs is 1. The number of carboxylic acids is 1. The third-order valence-electron chi connectivity index (χ3n) is 4.69. The number of aliphatic carboxylic acids is 1. The summed E-state index contributed by atoms with van der Waals surface area (Å²) < 4.78 is 5.79. The lowest BCUT2D eigenvalue weighted by Crippen LogP contribution is -2.43. The molecular weight excluding hydrogens is 322 g/mol. The molecule has 7 nitrogen and oxygen atoms in total. The number of nitrogens with zero attached hydrogens (tertiary/aromatic N) is 3. The molecule has 25 heavy (non-hydrogen) atoms. The maximum absolute atomic E-state index is 12.6. The lowest BCUT2D eigenvalue weighted by molar-refractivity contribution is -0.140. The molecule has 2 aromatic rings. The van der Waals surface area contributed by atoms with Gasteiger partial charge in [0.15, 0.2) is 5.58 Å². The van der Waals surface area contributed by atoms with Crippen LogP contribution in [0.5, 0.6) is 0 Å². The van der Waals surface area contributed by atoms with Crippen LogP contribution >= 0.6 is 0 Å². The van der Waals surface area contributed by atoms with Crippen LogP contribution in [0.3, 0.4) is 0 Å². The molecule has 0 unspecified atom stereocenters. The first-order valence-corrected chi connectivity index (χ1v) is 8.69. The molecule has 1 amide bonds. The highest BCUT2D eigenvalue weighted by molar-refractivity contribution is 5.80. The molecule has 1 aliphatic rings. The summed E-state index contributed by atoms with van der Waals surface area (Å²) in [5.41, 5.74) is 1.60. The van der Waals surface area contributed by atoms with Crippen molar-refractivity contribution < 1.29 is 19.1 Å². The Morgan fingerprint density at radius 3 is 2.68 bits per heavy atom. The Balaban J connectivity index is 1.59. The Labute approximate surface area is 146 Å². The molecule has 2 heterocycles. The van der Waals surface area contributed by atoms with Gasteiger partial charge in [-0.2, -0.15) is 4.98 Å². The molecular formula is C18H23N3O4. The number of oxazole rings is 1. The van der Waals surface area contributed by atoms with E-state index in [4.69, 9.17) is 9.52 Å². The number of hydrogen-bond donors (Lipinski definition) is 1. The molecule has 1 aromatic carbocycles. The van der Waals surface area contributed by atoms with Gasteiger partial charge in [0.25, 0.3) is 6.01 Å². The molecule has 134 valence electrons. The number of hydrogen-bond acceptors (Lipinski definition) is 5. The van der Waals surface area contributed by atoms with E-state index in [9.17, 15) is 9.59 Å². The minimum atomic E-state index is -0.878. The van der Waals surface area contributed by atoms with Gasteiger partial charge in [-0.1, -0.05) is 12.1 Å².